The summed E-state index contributed by atoms with van der Waals surface area (Å²) in [7, 11) is 0. The minimum Gasteiger partial charge on any atom is -0.456 e. The summed E-state index contributed by atoms with van der Waals surface area (Å²) in [5.74, 6) is 0. The van der Waals surface area contributed by atoms with E-state index in [-0.39, 0.29) is 0 Å². The van der Waals surface area contributed by atoms with Gasteiger partial charge in [0.05, 0.1) is 5.69 Å². The van der Waals surface area contributed by atoms with E-state index < -0.39 is 0 Å². The second kappa shape index (κ2) is 9.86. The predicted molar refractivity (Wildman–Crippen MR) is 186 cm³/mol. The van der Waals surface area contributed by atoms with E-state index >= 15 is 0 Å². The van der Waals surface area contributed by atoms with Crippen LogP contribution in [0.5, 0.6) is 0 Å². The fourth-order valence-corrected chi connectivity index (χ4v) is 6.61. The highest BCUT2D eigenvalue weighted by atomic mass is 16.3. The Morgan fingerprint density at radius 2 is 0.909 bits per heavy atom. The van der Waals surface area contributed by atoms with Crippen LogP contribution in [0.4, 0.5) is 17.1 Å². The van der Waals surface area contributed by atoms with Gasteiger partial charge in [-0.3, -0.25) is 0 Å². The van der Waals surface area contributed by atoms with Gasteiger partial charge in [0.1, 0.15) is 11.2 Å². The van der Waals surface area contributed by atoms with Crippen molar-refractivity contribution in [1.29, 1.82) is 0 Å². The molecule has 1 heterocycles. The molecule has 2 heteroatoms. The van der Waals surface area contributed by atoms with E-state index in [0.29, 0.717) is 0 Å². The average Bonchev–Trinajstić information content (AvgIpc) is 3.46. The molecule has 0 fully saturated rings. The number of nitrogens with zero attached hydrogens (tertiary/aromatic N) is 1. The highest BCUT2D eigenvalue weighted by Crippen LogP contribution is 2.44. The molecule has 0 radical (unpaired) electrons. The predicted octanol–water partition coefficient (Wildman–Crippen LogP) is 12.2. The van der Waals surface area contributed by atoms with Crippen molar-refractivity contribution in [2.24, 2.45) is 0 Å². The smallest absolute Gasteiger partial charge is 0.135 e. The van der Waals surface area contributed by atoms with E-state index in [2.05, 4.69) is 157 Å². The van der Waals surface area contributed by atoms with Gasteiger partial charge < -0.3 is 9.32 Å². The van der Waals surface area contributed by atoms with Gasteiger partial charge in [0, 0.05) is 27.5 Å². The second-order valence-corrected chi connectivity index (χ2v) is 11.4. The molecule has 0 atom stereocenters. The number of anilines is 3. The van der Waals surface area contributed by atoms with Crippen molar-refractivity contribution >= 4 is 71.3 Å². The number of benzene rings is 8. The van der Waals surface area contributed by atoms with Gasteiger partial charge in [0.2, 0.25) is 0 Å². The fraction of sp³-hybridized carbons (Fsp3) is 0. The number of furan rings is 1. The summed E-state index contributed by atoms with van der Waals surface area (Å²) in [6.07, 6.45) is 0. The van der Waals surface area contributed by atoms with E-state index in [9.17, 15) is 0 Å². The van der Waals surface area contributed by atoms with Crippen LogP contribution in [0.2, 0.25) is 0 Å². The number of rotatable bonds is 4. The van der Waals surface area contributed by atoms with E-state index in [4.69, 9.17) is 4.42 Å². The normalized spacial score (nSPS) is 11.6. The van der Waals surface area contributed by atoms with E-state index in [0.717, 1.165) is 39.0 Å². The van der Waals surface area contributed by atoms with Crippen molar-refractivity contribution in [3.63, 3.8) is 0 Å². The zero-order valence-corrected chi connectivity index (χ0v) is 23.9. The molecule has 0 bridgehead atoms. The molecule has 0 spiro atoms. The molecule has 44 heavy (non-hydrogen) atoms. The summed E-state index contributed by atoms with van der Waals surface area (Å²) >= 11 is 0. The third-order valence-corrected chi connectivity index (χ3v) is 8.77. The van der Waals surface area contributed by atoms with Crippen molar-refractivity contribution in [2.75, 3.05) is 4.90 Å². The molecular weight excluding hydrogens is 534 g/mol. The molecule has 0 saturated carbocycles. The molecule has 0 N–H and O–H groups in total. The van der Waals surface area contributed by atoms with Gasteiger partial charge in [-0.15, -0.1) is 0 Å². The minimum absolute atomic E-state index is 0.892. The molecule has 8 aromatic carbocycles. The van der Waals surface area contributed by atoms with Crippen molar-refractivity contribution in [3.05, 3.63) is 164 Å². The van der Waals surface area contributed by atoms with E-state index in [1.165, 1.54) is 43.4 Å². The molecule has 9 rings (SSSR count). The Labute approximate surface area is 255 Å². The largest absolute Gasteiger partial charge is 0.456 e. The summed E-state index contributed by atoms with van der Waals surface area (Å²) in [6.45, 7) is 0. The van der Waals surface area contributed by atoms with Crippen LogP contribution in [0.1, 0.15) is 0 Å². The molecule has 1 aromatic heterocycles. The lowest BCUT2D eigenvalue weighted by Crippen LogP contribution is -2.10. The van der Waals surface area contributed by atoms with Crippen LogP contribution in [-0.2, 0) is 0 Å². The van der Waals surface area contributed by atoms with Crippen LogP contribution in [0.15, 0.2) is 168 Å². The Bertz CT molecular complexity index is 2520. The zero-order chi connectivity index (χ0) is 29.0. The van der Waals surface area contributed by atoms with Gasteiger partial charge in [-0.2, -0.15) is 0 Å². The Hall–Kier alpha value is -5.86. The van der Waals surface area contributed by atoms with Crippen molar-refractivity contribution in [1.82, 2.24) is 0 Å². The van der Waals surface area contributed by atoms with Crippen LogP contribution < -0.4 is 4.90 Å². The number of hydrogen-bond acceptors (Lipinski definition) is 2. The average molecular weight is 562 g/mol. The first kappa shape index (κ1) is 24.7. The van der Waals surface area contributed by atoms with E-state index in [1.807, 2.05) is 12.1 Å². The highest BCUT2D eigenvalue weighted by molar-refractivity contribution is 6.08. The first-order chi connectivity index (χ1) is 21.8. The molecule has 9 aromatic rings. The Kier molecular flexibility index (Phi) is 5.54. The summed E-state index contributed by atoms with van der Waals surface area (Å²) in [6, 6.07) is 58.8. The SMILES string of the molecule is c1ccc2cc(-c3cc(N(c4ccc5ccccc5c4)c4ccc5oc6ccccc6c5c4)c4ccccc4c3)ccc2c1. The maximum Gasteiger partial charge on any atom is 0.135 e. The van der Waals surface area contributed by atoms with Crippen molar-refractivity contribution in [2.45, 2.75) is 0 Å². The lowest BCUT2D eigenvalue weighted by molar-refractivity contribution is 0.669. The van der Waals surface area contributed by atoms with Crippen molar-refractivity contribution in [3.8, 4) is 11.1 Å². The molecule has 0 saturated heterocycles. The third kappa shape index (κ3) is 4.04. The Morgan fingerprint density at radius 1 is 0.341 bits per heavy atom. The van der Waals surface area contributed by atoms with E-state index in [1.54, 1.807) is 0 Å². The quantitative estimate of drug-likeness (QED) is 0.212. The number of para-hydroxylation sites is 1. The monoisotopic (exact) mass is 561 g/mol. The van der Waals surface area contributed by atoms with Gasteiger partial charge in [-0.05, 0) is 92.7 Å². The van der Waals surface area contributed by atoms with Crippen LogP contribution >= 0.6 is 0 Å². The molecule has 0 aliphatic heterocycles. The van der Waals surface area contributed by atoms with Crippen LogP contribution in [0, 0.1) is 0 Å². The molecule has 0 aliphatic carbocycles. The molecule has 0 aliphatic rings. The van der Waals surface area contributed by atoms with Gasteiger partial charge in [0.15, 0.2) is 0 Å². The standard InChI is InChI=1S/C42H27NO/c1-3-11-30-23-32(18-17-28(30)9-1)34-24-33-13-5-6-14-37(33)40(26-34)43(35-20-19-29-10-2-4-12-31(29)25-35)36-21-22-42-39(27-36)38-15-7-8-16-41(38)44-42/h1-27H. The summed E-state index contributed by atoms with van der Waals surface area (Å²) in [5.41, 5.74) is 7.50. The van der Waals surface area contributed by atoms with Gasteiger partial charge >= 0.3 is 0 Å². The lowest BCUT2D eigenvalue weighted by atomic mass is 9.96. The highest BCUT2D eigenvalue weighted by Gasteiger charge is 2.19. The molecule has 206 valence electrons. The van der Waals surface area contributed by atoms with Crippen LogP contribution in [0.25, 0.3) is 65.4 Å². The van der Waals surface area contributed by atoms with Crippen LogP contribution in [-0.4, -0.2) is 0 Å². The molecule has 0 unspecified atom stereocenters. The Morgan fingerprint density at radius 3 is 1.73 bits per heavy atom. The molecular formula is C42H27NO. The molecule has 0 amide bonds. The maximum atomic E-state index is 6.22. The van der Waals surface area contributed by atoms with Gasteiger partial charge in [-0.1, -0.05) is 109 Å². The summed E-state index contributed by atoms with van der Waals surface area (Å²) in [5, 5.41) is 9.55. The molecule has 2 nitrogen and oxygen atoms in total. The minimum atomic E-state index is 0.892. The van der Waals surface area contributed by atoms with Crippen molar-refractivity contribution < 1.29 is 4.42 Å². The number of fused-ring (bicyclic) bond motifs is 6. The first-order valence-corrected chi connectivity index (χ1v) is 15.0. The first-order valence-electron chi connectivity index (χ1n) is 15.0. The number of hydrogen-bond donors (Lipinski definition) is 0. The third-order valence-electron chi connectivity index (χ3n) is 8.77. The zero-order valence-electron chi connectivity index (χ0n) is 23.9. The second-order valence-electron chi connectivity index (χ2n) is 11.4. The fourth-order valence-electron chi connectivity index (χ4n) is 6.61. The van der Waals surface area contributed by atoms with Gasteiger partial charge in [0.25, 0.3) is 0 Å². The Balaban J connectivity index is 1.33. The van der Waals surface area contributed by atoms with Gasteiger partial charge in [-0.25, -0.2) is 0 Å². The lowest BCUT2D eigenvalue weighted by Gasteiger charge is -2.28. The van der Waals surface area contributed by atoms with Crippen LogP contribution in [0.3, 0.4) is 0 Å². The topological polar surface area (TPSA) is 16.4 Å². The summed E-state index contributed by atoms with van der Waals surface area (Å²) in [4.78, 5) is 2.40. The maximum absolute atomic E-state index is 6.22. The summed E-state index contributed by atoms with van der Waals surface area (Å²) < 4.78 is 6.22.